The maximum absolute atomic E-state index is 12.7. The van der Waals surface area contributed by atoms with Crippen molar-refractivity contribution in [1.29, 1.82) is 0 Å². The summed E-state index contributed by atoms with van der Waals surface area (Å²) in [5, 5.41) is 2.53. The summed E-state index contributed by atoms with van der Waals surface area (Å²) in [6.45, 7) is 0. The number of alkyl halides is 3. The van der Waals surface area contributed by atoms with Gasteiger partial charge in [0.25, 0.3) is 5.91 Å². The number of benzene rings is 1. The fraction of sp³-hybridized carbons (Fsp3) is 0.0769. The first-order valence-corrected chi connectivity index (χ1v) is 6.74. The predicted octanol–water partition coefficient (Wildman–Crippen LogP) is 4.77. The number of nitrogens with one attached hydrogen (secondary N) is 1. The molecule has 0 saturated carbocycles. The summed E-state index contributed by atoms with van der Waals surface area (Å²) in [7, 11) is 0. The summed E-state index contributed by atoms with van der Waals surface area (Å²) in [6.07, 6.45) is -1.86. The molecule has 21 heavy (non-hydrogen) atoms. The smallest absolute Gasteiger partial charge is 0.321 e. The maximum Gasteiger partial charge on any atom is 0.416 e. The van der Waals surface area contributed by atoms with Crippen LogP contribution in [-0.2, 0) is 6.18 Å². The molecular formula is C13H7BrClF3N2O. The van der Waals surface area contributed by atoms with E-state index < -0.39 is 17.6 Å². The Hall–Kier alpha value is -1.60. The third kappa shape index (κ3) is 3.74. The Morgan fingerprint density at radius 1 is 1.29 bits per heavy atom. The van der Waals surface area contributed by atoms with E-state index in [2.05, 4.69) is 26.2 Å². The van der Waals surface area contributed by atoms with Crippen LogP contribution in [0.5, 0.6) is 0 Å². The molecule has 0 spiro atoms. The Balaban J connectivity index is 2.31. The van der Waals surface area contributed by atoms with E-state index in [-0.39, 0.29) is 16.3 Å². The molecule has 0 fully saturated rings. The second kappa shape index (κ2) is 6.03. The highest BCUT2D eigenvalue weighted by molar-refractivity contribution is 9.10. The fourth-order valence-electron chi connectivity index (χ4n) is 1.53. The van der Waals surface area contributed by atoms with Gasteiger partial charge in [0, 0.05) is 16.9 Å². The number of rotatable bonds is 2. The number of amides is 1. The van der Waals surface area contributed by atoms with Crippen LogP contribution in [0.1, 0.15) is 15.9 Å². The minimum absolute atomic E-state index is 0.00487. The fourth-order valence-corrected chi connectivity index (χ4v) is 2.07. The molecule has 1 aromatic heterocycles. The summed E-state index contributed by atoms with van der Waals surface area (Å²) < 4.78 is 38.3. The van der Waals surface area contributed by atoms with Gasteiger partial charge in [0.1, 0.15) is 0 Å². The van der Waals surface area contributed by atoms with Crippen LogP contribution in [0.2, 0.25) is 5.02 Å². The predicted molar refractivity (Wildman–Crippen MR) is 76.3 cm³/mol. The number of carbonyl (C=O) groups is 1. The second-order valence-electron chi connectivity index (χ2n) is 4.00. The summed E-state index contributed by atoms with van der Waals surface area (Å²) in [4.78, 5) is 15.8. The highest BCUT2D eigenvalue weighted by Crippen LogP contribution is 2.34. The molecule has 2 aromatic rings. The number of carbonyl (C=O) groups excluding carboxylic acids is 1. The lowest BCUT2D eigenvalue weighted by atomic mass is 10.2. The van der Waals surface area contributed by atoms with Gasteiger partial charge in [0.2, 0.25) is 0 Å². The molecular weight excluding hydrogens is 373 g/mol. The van der Waals surface area contributed by atoms with E-state index in [1.165, 1.54) is 24.5 Å². The summed E-state index contributed by atoms with van der Waals surface area (Å²) in [6, 6.07) is 4.38. The number of hydrogen-bond acceptors (Lipinski definition) is 2. The molecule has 0 aliphatic heterocycles. The van der Waals surface area contributed by atoms with Crippen LogP contribution < -0.4 is 5.32 Å². The van der Waals surface area contributed by atoms with Gasteiger partial charge < -0.3 is 5.32 Å². The molecule has 2 rings (SSSR count). The molecule has 1 amide bonds. The van der Waals surface area contributed by atoms with Crippen LogP contribution in [-0.4, -0.2) is 10.9 Å². The number of anilines is 1. The van der Waals surface area contributed by atoms with Gasteiger partial charge in [-0.1, -0.05) is 11.6 Å². The third-order valence-electron chi connectivity index (χ3n) is 2.55. The van der Waals surface area contributed by atoms with Crippen LogP contribution in [0.4, 0.5) is 18.9 Å². The Morgan fingerprint density at radius 2 is 2.00 bits per heavy atom. The first-order chi connectivity index (χ1) is 9.79. The monoisotopic (exact) mass is 378 g/mol. The molecule has 8 heteroatoms. The summed E-state index contributed by atoms with van der Waals surface area (Å²) >= 11 is 8.92. The second-order valence-corrected chi connectivity index (χ2v) is 5.26. The lowest BCUT2D eigenvalue weighted by molar-refractivity contribution is -0.137. The minimum Gasteiger partial charge on any atom is -0.321 e. The Kier molecular flexibility index (Phi) is 4.53. The lowest BCUT2D eigenvalue weighted by Gasteiger charge is -2.12. The van der Waals surface area contributed by atoms with E-state index in [1.54, 1.807) is 0 Å². The summed E-state index contributed by atoms with van der Waals surface area (Å²) in [5.74, 6) is -0.645. The molecule has 3 nitrogen and oxygen atoms in total. The molecule has 110 valence electrons. The van der Waals surface area contributed by atoms with Crippen LogP contribution in [0.15, 0.2) is 41.1 Å². The van der Waals surface area contributed by atoms with E-state index >= 15 is 0 Å². The van der Waals surface area contributed by atoms with Gasteiger partial charge in [0.05, 0.1) is 21.8 Å². The van der Waals surface area contributed by atoms with E-state index in [4.69, 9.17) is 11.6 Å². The van der Waals surface area contributed by atoms with Gasteiger partial charge in [0.15, 0.2) is 0 Å². The van der Waals surface area contributed by atoms with Crippen molar-refractivity contribution < 1.29 is 18.0 Å². The number of nitrogens with zero attached hydrogens (tertiary/aromatic N) is 1. The Morgan fingerprint density at radius 3 is 2.62 bits per heavy atom. The Labute approximate surface area is 131 Å². The van der Waals surface area contributed by atoms with Gasteiger partial charge in [-0.3, -0.25) is 9.78 Å². The standard InChI is InChI=1S/C13H7BrClF3N2O/c14-9-2-1-7(13(16,17)18)5-11(9)20-12(21)8-6-19-4-3-10(8)15/h1-6H,(H,20,21). The molecule has 0 saturated heterocycles. The topological polar surface area (TPSA) is 42.0 Å². The van der Waals surface area contributed by atoms with Gasteiger partial charge in [-0.05, 0) is 40.2 Å². The van der Waals surface area contributed by atoms with E-state index in [0.29, 0.717) is 4.47 Å². The van der Waals surface area contributed by atoms with Crippen molar-refractivity contribution in [2.75, 3.05) is 5.32 Å². The van der Waals surface area contributed by atoms with Gasteiger partial charge in [-0.25, -0.2) is 0 Å². The van der Waals surface area contributed by atoms with Crippen molar-refractivity contribution >= 4 is 39.1 Å². The lowest BCUT2D eigenvalue weighted by Crippen LogP contribution is -2.14. The van der Waals surface area contributed by atoms with Crippen molar-refractivity contribution in [3.8, 4) is 0 Å². The number of hydrogen-bond donors (Lipinski definition) is 1. The highest BCUT2D eigenvalue weighted by Gasteiger charge is 2.31. The zero-order chi connectivity index (χ0) is 15.6. The average molecular weight is 380 g/mol. The highest BCUT2D eigenvalue weighted by atomic mass is 79.9. The SMILES string of the molecule is O=C(Nc1cc(C(F)(F)F)ccc1Br)c1cnccc1Cl. The van der Waals surface area contributed by atoms with E-state index in [1.807, 2.05) is 0 Å². The third-order valence-corrected chi connectivity index (χ3v) is 3.58. The van der Waals surface area contributed by atoms with E-state index in [9.17, 15) is 18.0 Å². The first-order valence-electron chi connectivity index (χ1n) is 5.56. The molecule has 0 unspecified atom stereocenters. The Bertz CT molecular complexity index is 691. The van der Waals surface area contributed by atoms with Gasteiger partial charge in [-0.15, -0.1) is 0 Å². The maximum atomic E-state index is 12.7. The van der Waals surface area contributed by atoms with Crippen LogP contribution in [0, 0.1) is 0 Å². The minimum atomic E-state index is -4.49. The number of halogens is 5. The molecule has 0 aliphatic rings. The zero-order valence-corrected chi connectivity index (χ0v) is 12.6. The molecule has 1 aromatic carbocycles. The zero-order valence-electron chi connectivity index (χ0n) is 10.2. The molecule has 0 bridgehead atoms. The number of pyridine rings is 1. The van der Waals surface area contributed by atoms with Gasteiger partial charge in [-0.2, -0.15) is 13.2 Å². The van der Waals surface area contributed by atoms with Crippen LogP contribution in [0.25, 0.3) is 0 Å². The largest absolute Gasteiger partial charge is 0.416 e. The number of aromatic nitrogens is 1. The van der Waals surface area contributed by atoms with Gasteiger partial charge >= 0.3 is 6.18 Å². The van der Waals surface area contributed by atoms with Crippen molar-refractivity contribution in [2.24, 2.45) is 0 Å². The van der Waals surface area contributed by atoms with E-state index in [0.717, 1.165) is 12.1 Å². The van der Waals surface area contributed by atoms with Crippen molar-refractivity contribution in [2.45, 2.75) is 6.18 Å². The van der Waals surface area contributed by atoms with Crippen LogP contribution >= 0.6 is 27.5 Å². The van der Waals surface area contributed by atoms with Crippen LogP contribution in [0.3, 0.4) is 0 Å². The molecule has 0 aliphatic carbocycles. The summed E-state index contributed by atoms with van der Waals surface area (Å²) in [5.41, 5.74) is -0.795. The molecule has 1 heterocycles. The molecule has 0 atom stereocenters. The van der Waals surface area contributed by atoms with Crippen molar-refractivity contribution in [3.05, 3.63) is 57.3 Å². The normalized spacial score (nSPS) is 11.3. The average Bonchev–Trinajstić information content (AvgIpc) is 2.40. The first kappa shape index (κ1) is 15.8. The van der Waals surface area contributed by atoms with Crippen molar-refractivity contribution in [3.63, 3.8) is 0 Å². The molecule has 1 N–H and O–H groups in total. The van der Waals surface area contributed by atoms with Crippen molar-refractivity contribution in [1.82, 2.24) is 4.98 Å². The molecule has 0 radical (unpaired) electrons. The quantitative estimate of drug-likeness (QED) is 0.817.